The molecular weight excluding hydrogens is 306 g/mol. The van der Waals surface area contributed by atoms with Gasteiger partial charge in [0.2, 0.25) is 5.91 Å². The largest absolute Gasteiger partial charge is 0.790 e. The number of nitrogens with one attached hydrogen (secondary N) is 1. The van der Waals surface area contributed by atoms with E-state index in [0.717, 1.165) is 0 Å². The standard InChI is InChI=1S/C5H12N4O8P2/c6-9-8-3-1-2-7-5(10)4-16-19(14,15)17-18(11,12)13/h1-4H2,(H,7,10)(H,14,15)(H2,11,12,13)/p-3. The first-order valence-electron chi connectivity index (χ1n) is 4.63. The predicted molar refractivity (Wildman–Crippen MR) is 53.9 cm³/mol. The summed E-state index contributed by atoms with van der Waals surface area (Å²) >= 11 is 0. The lowest BCUT2D eigenvalue weighted by Crippen LogP contribution is -2.29. The minimum Gasteiger partial charge on any atom is -0.790 e. The zero-order valence-electron chi connectivity index (χ0n) is 9.33. The van der Waals surface area contributed by atoms with E-state index < -0.39 is 28.2 Å². The highest BCUT2D eigenvalue weighted by Gasteiger charge is 2.13. The van der Waals surface area contributed by atoms with Crippen LogP contribution in [0.4, 0.5) is 0 Å². The maximum absolute atomic E-state index is 11.0. The third-order valence-corrected chi connectivity index (χ3v) is 3.42. The average Bonchev–Trinajstić information content (AvgIpc) is 2.23. The molecule has 0 aliphatic rings. The third kappa shape index (κ3) is 11.8. The SMILES string of the molecule is [N-]=[N+]=NCCCNC(=O)COP(=O)([O-])OP(=O)([O-])[O-]. The molecule has 0 aromatic carbocycles. The molecule has 0 fully saturated rings. The predicted octanol–water partition coefficient (Wildman–Crippen LogP) is -1.87. The highest BCUT2D eigenvalue weighted by atomic mass is 31.3. The van der Waals surface area contributed by atoms with Crippen LogP contribution in [0, 0.1) is 0 Å². The van der Waals surface area contributed by atoms with Gasteiger partial charge >= 0.3 is 0 Å². The molecule has 19 heavy (non-hydrogen) atoms. The molecule has 1 unspecified atom stereocenters. The maximum atomic E-state index is 11.0. The zero-order valence-corrected chi connectivity index (χ0v) is 11.1. The van der Waals surface area contributed by atoms with Crippen LogP contribution in [0.15, 0.2) is 5.11 Å². The summed E-state index contributed by atoms with van der Waals surface area (Å²) in [6, 6.07) is 0. The number of hydrogen-bond acceptors (Lipinski definition) is 9. The van der Waals surface area contributed by atoms with E-state index in [0.29, 0.717) is 6.42 Å². The Bertz CT molecular complexity index is 442. The Kier molecular flexibility index (Phi) is 7.84. The molecule has 1 amide bonds. The average molecular weight is 315 g/mol. The van der Waals surface area contributed by atoms with Crippen LogP contribution in [0.3, 0.4) is 0 Å². The highest BCUT2D eigenvalue weighted by Crippen LogP contribution is 2.50. The Labute approximate surface area is 107 Å². The smallest absolute Gasteiger partial charge is 0.272 e. The lowest BCUT2D eigenvalue weighted by molar-refractivity contribution is -0.339. The van der Waals surface area contributed by atoms with Gasteiger partial charge < -0.3 is 29.1 Å². The van der Waals surface area contributed by atoms with Crippen LogP contribution < -0.4 is 20.0 Å². The molecule has 0 radical (unpaired) electrons. The van der Waals surface area contributed by atoms with E-state index in [1.165, 1.54) is 0 Å². The number of carbonyl (C=O) groups excluding carboxylic acids is 1. The van der Waals surface area contributed by atoms with Crippen LogP contribution >= 0.6 is 15.6 Å². The van der Waals surface area contributed by atoms with Crippen LogP contribution in [0.2, 0.25) is 0 Å². The van der Waals surface area contributed by atoms with Crippen LogP contribution in [0.1, 0.15) is 6.42 Å². The van der Waals surface area contributed by atoms with Crippen molar-refractivity contribution in [2.45, 2.75) is 6.42 Å². The minimum atomic E-state index is -5.76. The van der Waals surface area contributed by atoms with Gasteiger partial charge in [-0.3, -0.25) is 13.7 Å². The van der Waals surface area contributed by atoms with E-state index in [1.807, 2.05) is 0 Å². The van der Waals surface area contributed by atoms with Crippen LogP contribution in [-0.2, 0) is 22.8 Å². The minimum absolute atomic E-state index is 0.0901. The van der Waals surface area contributed by atoms with Crippen molar-refractivity contribution >= 4 is 21.6 Å². The molecule has 0 bridgehead atoms. The van der Waals surface area contributed by atoms with Crippen LogP contribution in [0.5, 0.6) is 0 Å². The van der Waals surface area contributed by atoms with E-state index in [2.05, 4.69) is 24.2 Å². The molecule has 1 N–H and O–H groups in total. The van der Waals surface area contributed by atoms with E-state index in [9.17, 15) is 28.6 Å². The summed E-state index contributed by atoms with van der Waals surface area (Å²) in [4.78, 5) is 44.3. The summed E-state index contributed by atoms with van der Waals surface area (Å²) in [6.45, 7) is -0.814. The van der Waals surface area contributed by atoms with Gasteiger partial charge in [-0.1, -0.05) is 5.11 Å². The molecule has 0 rings (SSSR count). The number of carbonyl (C=O) groups is 1. The van der Waals surface area contributed by atoms with E-state index >= 15 is 0 Å². The van der Waals surface area contributed by atoms with Crippen LogP contribution in [-0.4, -0.2) is 25.6 Å². The molecule has 0 heterocycles. The molecular formula is C5H9N4O8P2-3. The Morgan fingerprint density at radius 2 is 2.00 bits per heavy atom. The number of rotatable bonds is 9. The van der Waals surface area contributed by atoms with Gasteiger partial charge in [0.15, 0.2) is 0 Å². The first-order chi connectivity index (χ1) is 8.66. The van der Waals surface area contributed by atoms with Crippen molar-refractivity contribution in [3.05, 3.63) is 10.4 Å². The number of phosphoric acid groups is 2. The lowest BCUT2D eigenvalue weighted by Gasteiger charge is -2.34. The molecule has 0 aliphatic carbocycles. The Balaban J connectivity index is 3.92. The fourth-order valence-electron chi connectivity index (χ4n) is 0.757. The Hall–Kier alpha value is -0.960. The van der Waals surface area contributed by atoms with E-state index in [1.54, 1.807) is 0 Å². The summed E-state index contributed by atoms with van der Waals surface area (Å²) in [6.07, 6.45) is 0.317. The van der Waals surface area contributed by atoms with Crippen molar-refractivity contribution < 1.29 is 37.4 Å². The number of hydrogen-bond donors (Lipinski definition) is 1. The molecule has 12 nitrogen and oxygen atoms in total. The van der Waals surface area contributed by atoms with Crippen molar-refractivity contribution in [1.29, 1.82) is 0 Å². The second kappa shape index (κ2) is 8.26. The highest BCUT2D eigenvalue weighted by molar-refractivity contribution is 7.58. The van der Waals surface area contributed by atoms with Gasteiger partial charge in [0.1, 0.15) is 6.61 Å². The number of nitrogens with zero attached hydrogens (tertiary/aromatic N) is 3. The molecule has 0 saturated carbocycles. The Morgan fingerprint density at radius 1 is 1.37 bits per heavy atom. The lowest BCUT2D eigenvalue weighted by atomic mass is 10.4. The van der Waals surface area contributed by atoms with Crippen molar-refractivity contribution in [3.8, 4) is 0 Å². The third-order valence-electron chi connectivity index (χ3n) is 1.37. The van der Waals surface area contributed by atoms with Gasteiger partial charge in [-0.2, -0.15) is 0 Å². The maximum Gasteiger partial charge on any atom is 0.272 e. The summed E-state index contributed by atoms with van der Waals surface area (Å²) in [7, 11) is -11.1. The van der Waals surface area contributed by atoms with Gasteiger partial charge in [-0.05, 0) is 12.0 Å². The molecule has 14 heteroatoms. The normalized spacial score (nSPS) is 14.3. The summed E-state index contributed by atoms with van der Waals surface area (Å²) < 4.78 is 27.7. The quantitative estimate of drug-likeness (QED) is 0.167. The number of azide groups is 1. The van der Waals surface area contributed by atoms with Crippen molar-refractivity contribution in [3.63, 3.8) is 0 Å². The van der Waals surface area contributed by atoms with Gasteiger partial charge in [-0.15, -0.1) is 0 Å². The van der Waals surface area contributed by atoms with Crippen LogP contribution in [0.25, 0.3) is 10.4 Å². The van der Waals surface area contributed by atoms with Crippen molar-refractivity contribution in [1.82, 2.24) is 5.32 Å². The molecule has 0 aliphatic heterocycles. The topological polar surface area (TPSA) is 200 Å². The zero-order chi connectivity index (χ0) is 14.9. The second-order valence-corrected chi connectivity index (χ2v) is 5.61. The monoisotopic (exact) mass is 315 g/mol. The molecule has 0 spiro atoms. The van der Waals surface area contributed by atoms with Gasteiger partial charge in [-0.25, -0.2) is 0 Å². The fraction of sp³-hybridized carbons (Fsp3) is 0.800. The van der Waals surface area contributed by atoms with Crippen molar-refractivity contribution in [2.24, 2.45) is 5.11 Å². The molecule has 0 aromatic heterocycles. The first-order valence-corrected chi connectivity index (χ1v) is 7.55. The molecule has 1 atom stereocenters. The van der Waals surface area contributed by atoms with E-state index in [4.69, 9.17) is 5.53 Å². The molecule has 0 aromatic rings. The second-order valence-electron chi connectivity index (χ2n) is 2.91. The molecule has 110 valence electrons. The van der Waals surface area contributed by atoms with Gasteiger partial charge in [0.05, 0.1) is 7.82 Å². The number of phosphoric ester groups is 1. The summed E-state index contributed by atoms with van der Waals surface area (Å²) in [5.41, 5.74) is 7.94. The summed E-state index contributed by atoms with van der Waals surface area (Å²) in [5.74, 6) is -0.882. The van der Waals surface area contributed by atoms with Crippen molar-refractivity contribution in [2.75, 3.05) is 19.7 Å². The van der Waals surface area contributed by atoms with Gasteiger partial charge in [0.25, 0.3) is 7.82 Å². The first kappa shape index (κ1) is 18.0. The Morgan fingerprint density at radius 3 is 2.53 bits per heavy atom. The summed E-state index contributed by atoms with van der Waals surface area (Å²) in [5, 5.41) is 5.37. The van der Waals surface area contributed by atoms with Gasteiger partial charge in [0, 0.05) is 18.0 Å². The molecule has 0 saturated heterocycles. The fourth-order valence-corrected chi connectivity index (χ4v) is 2.20. The van der Waals surface area contributed by atoms with E-state index in [-0.39, 0.29) is 13.1 Å². The number of amides is 1.